The third-order valence-electron chi connectivity index (χ3n) is 8.58. The third-order valence-corrected chi connectivity index (χ3v) is 8.58. The second-order valence-electron chi connectivity index (χ2n) is 11.4. The van der Waals surface area contributed by atoms with E-state index in [1.165, 1.54) is 31.5 Å². The number of aromatic nitrogens is 4. The van der Waals surface area contributed by atoms with E-state index in [9.17, 15) is 4.79 Å². The van der Waals surface area contributed by atoms with Gasteiger partial charge in [-0.15, -0.1) is 0 Å². The van der Waals surface area contributed by atoms with E-state index in [4.69, 9.17) is 5.10 Å². The van der Waals surface area contributed by atoms with E-state index in [1.807, 2.05) is 40.0 Å². The number of hydrogen-bond donors (Lipinski definition) is 2. The molecule has 2 aromatic carbocycles. The molecule has 2 N–H and O–H groups in total. The van der Waals surface area contributed by atoms with Crippen LogP contribution in [0.25, 0.3) is 44.7 Å². The van der Waals surface area contributed by atoms with Crippen molar-refractivity contribution in [3.63, 3.8) is 0 Å². The highest BCUT2D eigenvalue weighted by Gasteiger charge is 2.20. The molecule has 7 rings (SSSR count). The molecule has 0 bridgehead atoms. The van der Waals surface area contributed by atoms with Gasteiger partial charge in [-0.25, -0.2) is 9.78 Å². The zero-order chi connectivity index (χ0) is 28.5. The third kappa shape index (κ3) is 5.30. The standard InChI is InChI=1S/C34H37N7O/c1-2-41-23-30(32(38-41)26-11-13-27(14-12-26)36-34(42)40-19-5-6-20-40)28-15-16-35-33-29(28)21-31(37-33)25-9-7-24(8-10-25)22-39-17-3-4-18-39/h7-16,21,23H,2-6,17-20,22H2,1H3,(H,35,37)(H,36,42). The first kappa shape index (κ1) is 26.5. The zero-order valence-corrected chi connectivity index (χ0v) is 24.1. The van der Waals surface area contributed by atoms with Crippen LogP contribution in [0.15, 0.2) is 73.1 Å². The molecule has 0 spiro atoms. The van der Waals surface area contributed by atoms with Crippen molar-refractivity contribution in [3.05, 3.63) is 78.6 Å². The van der Waals surface area contributed by atoms with E-state index in [2.05, 4.69) is 69.7 Å². The number of likely N-dealkylation sites (tertiary alicyclic amines) is 2. The predicted molar refractivity (Wildman–Crippen MR) is 168 cm³/mol. The number of hydrogen-bond acceptors (Lipinski definition) is 4. The molecule has 214 valence electrons. The number of anilines is 1. The van der Waals surface area contributed by atoms with Crippen molar-refractivity contribution in [1.82, 2.24) is 29.5 Å². The van der Waals surface area contributed by atoms with Gasteiger partial charge in [-0.05, 0) is 86.7 Å². The molecule has 2 aliphatic heterocycles. The smallest absolute Gasteiger partial charge is 0.321 e. The number of carbonyl (C=O) groups excluding carboxylic acids is 1. The molecule has 8 heteroatoms. The fourth-order valence-electron chi connectivity index (χ4n) is 6.23. The van der Waals surface area contributed by atoms with Gasteiger partial charge in [0, 0.05) is 66.5 Å². The number of H-pyrrole nitrogens is 1. The fraction of sp³-hybridized carbons (Fsp3) is 0.324. The summed E-state index contributed by atoms with van der Waals surface area (Å²) >= 11 is 0. The Labute approximate surface area is 246 Å². The minimum atomic E-state index is -0.0279. The second kappa shape index (κ2) is 11.4. The maximum Gasteiger partial charge on any atom is 0.321 e. The molecule has 0 aliphatic carbocycles. The Morgan fingerprint density at radius 3 is 2.33 bits per heavy atom. The highest BCUT2D eigenvalue weighted by Crippen LogP contribution is 2.37. The number of amides is 2. The molecule has 8 nitrogen and oxygen atoms in total. The van der Waals surface area contributed by atoms with Crippen LogP contribution in [0.1, 0.15) is 38.2 Å². The number of pyridine rings is 1. The van der Waals surface area contributed by atoms with Crippen LogP contribution in [0.3, 0.4) is 0 Å². The van der Waals surface area contributed by atoms with Gasteiger partial charge in [0.1, 0.15) is 11.3 Å². The Balaban J connectivity index is 1.17. The van der Waals surface area contributed by atoms with Gasteiger partial charge in [0.2, 0.25) is 0 Å². The van der Waals surface area contributed by atoms with Crippen LogP contribution < -0.4 is 5.32 Å². The van der Waals surface area contributed by atoms with Crippen molar-refractivity contribution < 1.29 is 4.79 Å². The van der Waals surface area contributed by atoms with Crippen molar-refractivity contribution in [2.75, 3.05) is 31.5 Å². The van der Waals surface area contributed by atoms with Gasteiger partial charge in [0.05, 0.1) is 0 Å². The molecule has 5 aromatic rings. The van der Waals surface area contributed by atoms with Crippen LogP contribution in [0.4, 0.5) is 10.5 Å². The Bertz CT molecular complexity index is 1690. The molecule has 2 fully saturated rings. The Hall–Kier alpha value is -4.43. The van der Waals surface area contributed by atoms with E-state index in [0.717, 1.165) is 89.4 Å². The summed E-state index contributed by atoms with van der Waals surface area (Å²) < 4.78 is 1.98. The number of aromatic amines is 1. The lowest BCUT2D eigenvalue weighted by atomic mass is 10.00. The molecular weight excluding hydrogens is 522 g/mol. The molecule has 0 atom stereocenters. The van der Waals surface area contributed by atoms with Gasteiger partial charge in [-0.1, -0.05) is 36.4 Å². The lowest BCUT2D eigenvalue weighted by Crippen LogP contribution is -2.32. The molecule has 2 saturated heterocycles. The summed E-state index contributed by atoms with van der Waals surface area (Å²) in [5.41, 5.74) is 9.29. The van der Waals surface area contributed by atoms with Crippen LogP contribution in [0.5, 0.6) is 0 Å². The van der Waals surface area contributed by atoms with Gasteiger partial charge in [-0.2, -0.15) is 5.10 Å². The van der Waals surface area contributed by atoms with Gasteiger partial charge >= 0.3 is 6.03 Å². The minimum absolute atomic E-state index is 0.0279. The first-order valence-electron chi connectivity index (χ1n) is 15.2. The largest absolute Gasteiger partial charge is 0.339 e. The zero-order valence-electron chi connectivity index (χ0n) is 24.1. The number of urea groups is 1. The minimum Gasteiger partial charge on any atom is -0.339 e. The number of benzene rings is 2. The van der Waals surface area contributed by atoms with E-state index < -0.39 is 0 Å². The number of carbonyl (C=O) groups is 1. The lowest BCUT2D eigenvalue weighted by Gasteiger charge is -2.16. The van der Waals surface area contributed by atoms with E-state index in [-0.39, 0.29) is 6.03 Å². The van der Waals surface area contributed by atoms with Crippen molar-refractivity contribution >= 4 is 22.8 Å². The van der Waals surface area contributed by atoms with Crippen LogP contribution >= 0.6 is 0 Å². The molecule has 0 unspecified atom stereocenters. The fourth-order valence-corrected chi connectivity index (χ4v) is 6.23. The maximum absolute atomic E-state index is 12.6. The first-order valence-corrected chi connectivity index (χ1v) is 15.2. The van der Waals surface area contributed by atoms with Crippen molar-refractivity contribution in [2.45, 2.75) is 45.7 Å². The van der Waals surface area contributed by atoms with E-state index in [1.54, 1.807) is 0 Å². The van der Waals surface area contributed by atoms with Gasteiger partial charge in [0.25, 0.3) is 0 Å². The van der Waals surface area contributed by atoms with Gasteiger partial charge in [-0.3, -0.25) is 9.58 Å². The Kier molecular flexibility index (Phi) is 7.22. The monoisotopic (exact) mass is 559 g/mol. The lowest BCUT2D eigenvalue weighted by molar-refractivity contribution is 0.222. The Morgan fingerprint density at radius 1 is 0.881 bits per heavy atom. The van der Waals surface area contributed by atoms with Crippen LogP contribution in [0, 0.1) is 0 Å². The van der Waals surface area contributed by atoms with E-state index in [0.29, 0.717) is 0 Å². The highest BCUT2D eigenvalue weighted by atomic mass is 16.2. The van der Waals surface area contributed by atoms with Crippen LogP contribution in [-0.4, -0.2) is 61.8 Å². The molecule has 2 aliphatic rings. The molecule has 5 heterocycles. The highest BCUT2D eigenvalue weighted by molar-refractivity contribution is 5.99. The maximum atomic E-state index is 12.6. The summed E-state index contributed by atoms with van der Waals surface area (Å²) in [6, 6.07) is 21.2. The topological polar surface area (TPSA) is 82.1 Å². The average Bonchev–Trinajstić information content (AvgIpc) is 3.84. The van der Waals surface area contributed by atoms with Crippen LogP contribution in [-0.2, 0) is 13.1 Å². The van der Waals surface area contributed by atoms with Gasteiger partial charge < -0.3 is 15.2 Å². The summed E-state index contributed by atoms with van der Waals surface area (Å²) in [7, 11) is 0. The number of nitrogens with zero attached hydrogens (tertiary/aromatic N) is 5. The molecule has 0 radical (unpaired) electrons. The molecular formula is C34H37N7O. The normalized spacial score (nSPS) is 15.6. The van der Waals surface area contributed by atoms with Crippen molar-refractivity contribution in [2.24, 2.45) is 0 Å². The average molecular weight is 560 g/mol. The second-order valence-corrected chi connectivity index (χ2v) is 11.4. The summed E-state index contributed by atoms with van der Waals surface area (Å²) in [5, 5.41) is 9.04. The summed E-state index contributed by atoms with van der Waals surface area (Å²) in [4.78, 5) is 25.2. The van der Waals surface area contributed by atoms with Gasteiger partial charge in [0.15, 0.2) is 0 Å². The SMILES string of the molecule is CCn1cc(-c2ccnc3[nH]c(-c4ccc(CN5CCCC5)cc4)cc23)c(-c2ccc(NC(=O)N3CCCC3)cc2)n1. The molecule has 0 saturated carbocycles. The molecule has 3 aromatic heterocycles. The van der Waals surface area contributed by atoms with E-state index >= 15 is 0 Å². The van der Waals surface area contributed by atoms with Crippen molar-refractivity contribution in [3.8, 4) is 33.6 Å². The number of rotatable bonds is 7. The Morgan fingerprint density at radius 2 is 1.60 bits per heavy atom. The number of fused-ring (bicyclic) bond motifs is 1. The quantitative estimate of drug-likeness (QED) is 0.225. The number of nitrogens with one attached hydrogen (secondary N) is 2. The first-order chi connectivity index (χ1) is 20.6. The van der Waals surface area contributed by atoms with Crippen molar-refractivity contribution in [1.29, 1.82) is 0 Å². The predicted octanol–water partition coefficient (Wildman–Crippen LogP) is 7.00. The molecule has 42 heavy (non-hydrogen) atoms. The summed E-state index contributed by atoms with van der Waals surface area (Å²) in [6.45, 7) is 7.95. The van der Waals surface area contributed by atoms with Crippen LogP contribution in [0.2, 0.25) is 0 Å². The summed E-state index contributed by atoms with van der Waals surface area (Å²) in [5.74, 6) is 0. The molecule has 2 amide bonds. The summed E-state index contributed by atoms with van der Waals surface area (Å²) in [6.07, 6.45) is 8.75. The number of aryl methyl sites for hydroxylation is 1.